The van der Waals surface area contributed by atoms with Crippen molar-refractivity contribution < 1.29 is 14.7 Å². The highest BCUT2D eigenvalue weighted by atomic mass is 127. The molecule has 0 spiro atoms. The van der Waals surface area contributed by atoms with Gasteiger partial charge in [-0.3, -0.25) is 9.59 Å². The summed E-state index contributed by atoms with van der Waals surface area (Å²) in [6.07, 6.45) is -0.0629. The molecular formula is C12H13I3N2O3. The van der Waals surface area contributed by atoms with Gasteiger partial charge in [0.15, 0.2) is 0 Å². The van der Waals surface area contributed by atoms with Gasteiger partial charge in [-0.1, -0.05) is 0 Å². The molecule has 0 saturated heterocycles. The first-order valence-electron chi connectivity index (χ1n) is 5.73. The molecule has 0 aromatic heterocycles. The van der Waals surface area contributed by atoms with Crippen LogP contribution in [0.5, 0.6) is 0 Å². The van der Waals surface area contributed by atoms with Crippen LogP contribution in [-0.4, -0.2) is 35.0 Å². The number of amides is 1. The predicted octanol–water partition coefficient (Wildman–Crippen LogP) is 3.02. The summed E-state index contributed by atoms with van der Waals surface area (Å²) < 4.78 is 2.45. The van der Waals surface area contributed by atoms with Crippen LogP contribution >= 0.6 is 67.8 Å². The largest absolute Gasteiger partial charge is 0.481 e. The second-order valence-electron chi connectivity index (χ2n) is 3.97. The molecule has 0 saturated carbocycles. The minimum atomic E-state index is -0.914. The number of benzene rings is 1. The summed E-state index contributed by atoms with van der Waals surface area (Å²) in [5.74, 6) is -1.09. The molecule has 110 valence electrons. The maximum atomic E-state index is 12.6. The van der Waals surface area contributed by atoms with Crippen LogP contribution < -0.4 is 5.73 Å². The number of aliphatic carboxylic acids is 1. The Kier molecular flexibility index (Phi) is 7.24. The van der Waals surface area contributed by atoms with Crippen molar-refractivity contribution in [3.63, 3.8) is 0 Å². The Labute approximate surface area is 158 Å². The molecule has 1 aromatic carbocycles. The van der Waals surface area contributed by atoms with Gasteiger partial charge in [0, 0.05) is 20.2 Å². The molecule has 5 nitrogen and oxygen atoms in total. The van der Waals surface area contributed by atoms with E-state index < -0.39 is 5.97 Å². The number of rotatable bonds is 5. The summed E-state index contributed by atoms with van der Waals surface area (Å²) in [6.45, 7) is 2.49. The van der Waals surface area contributed by atoms with Crippen LogP contribution in [0.3, 0.4) is 0 Å². The summed E-state index contributed by atoms with van der Waals surface area (Å²) in [7, 11) is 0. The van der Waals surface area contributed by atoms with Crippen molar-refractivity contribution in [3.8, 4) is 0 Å². The average Bonchev–Trinajstić information content (AvgIpc) is 2.36. The molecule has 0 heterocycles. The van der Waals surface area contributed by atoms with Crippen LogP contribution in [-0.2, 0) is 4.79 Å². The highest BCUT2D eigenvalue weighted by molar-refractivity contribution is 14.1. The molecule has 0 unspecified atom stereocenters. The Morgan fingerprint density at radius 1 is 1.30 bits per heavy atom. The minimum Gasteiger partial charge on any atom is -0.481 e. The summed E-state index contributed by atoms with van der Waals surface area (Å²) >= 11 is 6.30. The van der Waals surface area contributed by atoms with Crippen molar-refractivity contribution in [1.82, 2.24) is 4.90 Å². The molecule has 8 heteroatoms. The van der Waals surface area contributed by atoms with Gasteiger partial charge in [-0.25, -0.2) is 0 Å². The molecule has 3 N–H and O–H groups in total. The predicted molar refractivity (Wildman–Crippen MR) is 103 cm³/mol. The smallest absolute Gasteiger partial charge is 0.305 e. The fraction of sp³-hybridized carbons (Fsp3) is 0.333. The van der Waals surface area contributed by atoms with E-state index in [0.29, 0.717) is 17.8 Å². The number of nitrogens with two attached hydrogens (primary N) is 1. The standard InChI is InChI=1S/C12H13I3N2O3/c1-2-17(4-3-8(18)19)12(20)9-6(13)5-7(14)11(16)10(9)15/h5H,2-4,16H2,1H3,(H,18,19). The summed E-state index contributed by atoms with van der Waals surface area (Å²) in [6, 6.07) is 1.86. The average molecular weight is 614 g/mol. The number of hydrogen-bond acceptors (Lipinski definition) is 3. The number of hydrogen-bond donors (Lipinski definition) is 2. The van der Waals surface area contributed by atoms with Crippen LogP contribution in [0.25, 0.3) is 0 Å². The van der Waals surface area contributed by atoms with Crippen LogP contribution in [0.1, 0.15) is 23.7 Å². The lowest BCUT2D eigenvalue weighted by Gasteiger charge is -2.22. The van der Waals surface area contributed by atoms with E-state index in [1.54, 1.807) is 0 Å². The Hall–Kier alpha value is 0.150. The van der Waals surface area contributed by atoms with Crippen LogP contribution in [0.4, 0.5) is 5.69 Å². The summed E-state index contributed by atoms with van der Waals surface area (Å²) in [5.41, 5.74) is 7.11. The highest BCUT2D eigenvalue weighted by Gasteiger charge is 2.23. The molecule has 1 rings (SSSR count). The molecule has 1 aromatic rings. The number of nitrogen functional groups attached to an aromatic ring is 1. The maximum Gasteiger partial charge on any atom is 0.305 e. The first-order valence-corrected chi connectivity index (χ1v) is 8.97. The maximum absolute atomic E-state index is 12.6. The van der Waals surface area contributed by atoms with Crippen molar-refractivity contribution in [2.45, 2.75) is 13.3 Å². The quantitative estimate of drug-likeness (QED) is 0.395. The number of halogens is 3. The van der Waals surface area contributed by atoms with E-state index in [1.165, 1.54) is 4.90 Å². The molecule has 0 bridgehead atoms. The molecule has 1 amide bonds. The molecule has 20 heavy (non-hydrogen) atoms. The van der Waals surface area contributed by atoms with Crippen molar-refractivity contribution in [2.75, 3.05) is 18.8 Å². The summed E-state index contributed by atoms with van der Waals surface area (Å²) in [5, 5.41) is 8.74. The lowest BCUT2D eigenvalue weighted by molar-refractivity contribution is -0.137. The summed E-state index contributed by atoms with van der Waals surface area (Å²) in [4.78, 5) is 24.7. The molecule has 0 fully saturated rings. The lowest BCUT2D eigenvalue weighted by atomic mass is 10.1. The van der Waals surface area contributed by atoms with E-state index in [2.05, 4.69) is 67.8 Å². The molecule has 0 radical (unpaired) electrons. The van der Waals surface area contributed by atoms with E-state index >= 15 is 0 Å². The van der Waals surface area contributed by atoms with Crippen molar-refractivity contribution >= 4 is 85.3 Å². The Morgan fingerprint density at radius 3 is 2.40 bits per heavy atom. The topological polar surface area (TPSA) is 83.6 Å². The van der Waals surface area contributed by atoms with Crippen molar-refractivity contribution in [3.05, 3.63) is 22.3 Å². The van der Waals surface area contributed by atoms with Crippen molar-refractivity contribution in [1.29, 1.82) is 0 Å². The minimum absolute atomic E-state index is 0.0629. The molecule has 0 atom stereocenters. The third kappa shape index (κ3) is 4.32. The first kappa shape index (κ1) is 18.2. The second-order valence-corrected chi connectivity index (χ2v) is 7.37. The number of carboxylic acids is 1. The fourth-order valence-electron chi connectivity index (χ4n) is 1.59. The van der Waals surface area contributed by atoms with Crippen LogP contribution in [0.2, 0.25) is 0 Å². The van der Waals surface area contributed by atoms with E-state index in [9.17, 15) is 9.59 Å². The number of carboxylic acid groups (broad SMARTS) is 1. The number of anilines is 1. The third-order valence-electron chi connectivity index (χ3n) is 2.68. The lowest BCUT2D eigenvalue weighted by Crippen LogP contribution is -2.34. The van der Waals surface area contributed by atoms with E-state index in [0.717, 1.165) is 10.7 Å². The third-order valence-corrected chi connectivity index (χ3v) is 5.55. The van der Waals surface area contributed by atoms with Crippen LogP contribution in [0.15, 0.2) is 6.07 Å². The number of nitrogens with zero attached hydrogens (tertiary/aromatic N) is 1. The van der Waals surface area contributed by atoms with Gasteiger partial charge >= 0.3 is 5.97 Å². The van der Waals surface area contributed by atoms with E-state index in [-0.39, 0.29) is 18.9 Å². The first-order chi connectivity index (χ1) is 9.29. The Balaban J connectivity index is 3.13. The van der Waals surface area contributed by atoms with Gasteiger partial charge in [0.2, 0.25) is 0 Å². The zero-order valence-corrected chi connectivity index (χ0v) is 17.1. The number of carbonyl (C=O) groups excluding carboxylic acids is 1. The van der Waals surface area contributed by atoms with Crippen molar-refractivity contribution in [2.24, 2.45) is 0 Å². The molecular weight excluding hydrogens is 601 g/mol. The van der Waals surface area contributed by atoms with Gasteiger partial charge in [0.05, 0.1) is 21.2 Å². The van der Waals surface area contributed by atoms with Gasteiger partial charge in [0.25, 0.3) is 5.91 Å². The molecule has 0 aliphatic carbocycles. The van der Waals surface area contributed by atoms with Gasteiger partial charge in [-0.2, -0.15) is 0 Å². The number of carbonyl (C=O) groups is 2. The second kappa shape index (κ2) is 7.96. The molecule has 0 aliphatic rings. The van der Waals surface area contributed by atoms with Gasteiger partial charge in [0.1, 0.15) is 0 Å². The van der Waals surface area contributed by atoms with E-state index in [4.69, 9.17) is 10.8 Å². The molecule has 0 aliphatic heterocycles. The highest BCUT2D eigenvalue weighted by Crippen LogP contribution is 2.30. The zero-order chi connectivity index (χ0) is 15.4. The van der Waals surface area contributed by atoms with Gasteiger partial charge < -0.3 is 15.7 Å². The van der Waals surface area contributed by atoms with Gasteiger partial charge in [-0.15, -0.1) is 0 Å². The zero-order valence-electron chi connectivity index (χ0n) is 10.6. The monoisotopic (exact) mass is 614 g/mol. The SMILES string of the molecule is CCN(CCC(=O)O)C(=O)c1c(I)cc(I)c(N)c1I. The van der Waals surface area contributed by atoms with Gasteiger partial charge in [-0.05, 0) is 80.8 Å². The Morgan fingerprint density at radius 2 is 1.90 bits per heavy atom. The fourth-order valence-corrected chi connectivity index (χ4v) is 5.43. The van der Waals surface area contributed by atoms with E-state index in [1.807, 2.05) is 13.0 Å². The normalized spacial score (nSPS) is 10.4. The van der Waals surface area contributed by atoms with Crippen LogP contribution in [0, 0.1) is 10.7 Å². The Bertz CT molecular complexity index is 549.